The van der Waals surface area contributed by atoms with Crippen molar-refractivity contribution in [3.05, 3.63) is 58.4 Å². The van der Waals surface area contributed by atoms with Crippen LogP contribution in [0.2, 0.25) is 10.0 Å². The molecule has 0 spiro atoms. The molecule has 2 aromatic heterocycles. The summed E-state index contributed by atoms with van der Waals surface area (Å²) in [6.07, 6.45) is -0.628. The van der Waals surface area contributed by atoms with Crippen molar-refractivity contribution in [1.82, 2.24) is 15.1 Å². The number of piperazine rings is 1. The molecular formula is C24H24Cl2N4O4. The molecule has 5 rings (SSSR count). The molecular weight excluding hydrogens is 479 g/mol. The van der Waals surface area contributed by atoms with Gasteiger partial charge in [0, 0.05) is 51.4 Å². The number of aliphatic hydroxyl groups excluding tert-OH is 1. The number of anilines is 1. The van der Waals surface area contributed by atoms with Gasteiger partial charge in [-0.3, -0.25) is 4.90 Å². The molecule has 178 valence electrons. The van der Waals surface area contributed by atoms with Crippen molar-refractivity contribution in [2.75, 3.05) is 44.2 Å². The lowest BCUT2D eigenvalue weighted by Gasteiger charge is -2.37. The van der Waals surface area contributed by atoms with Gasteiger partial charge in [0.2, 0.25) is 5.89 Å². The number of β-amino-alcohol motifs (C(OH)–C–C–N with tert-alkyl or cyclic N) is 1. The highest BCUT2D eigenvalue weighted by atomic mass is 35.5. The van der Waals surface area contributed by atoms with E-state index in [0.29, 0.717) is 45.5 Å². The molecule has 0 amide bonds. The molecule has 1 fully saturated rings. The first-order valence-electron chi connectivity index (χ1n) is 11.0. The molecule has 4 aromatic rings. The van der Waals surface area contributed by atoms with Gasteiger partial charge >= 0.3 is 0 Å². The van der Waals surface area contributed by atoms with Gasteiger partial charge in [0.15, 0.2) is 5.76 Å². The summed E-state index contributed by atoms with van der Waals surface area (Å²) in [7, 11) is 0. The summed E-state index contributed by atoms with van der Waals surface area (Å²) < 4.78 is 17.2. The molecule has 0 aliphatic carbocycles. The molecule has 0 unspecified atom stereocenters. The normalized spacial score (nSPS) is 15.7. The van der Waals surface area contributed by atoms with Crippen LogP contribution >= 0.6 is 23.2 Å². The number of aliphatic hydroxyl groups is 1. The van der Waals surface area contributed by atoms with Crippen LogP contribution in [0.3, 0.4) is 0 Å². The molecule has 0 radical (unpaired) electrons. The summed E-state index contributed by atoms with van der Waals surface area (Å²) in [5.74, 6) is 1.90. The van der Waals surface area contributed by atoms with E-state index < -0.39 is 6.10 Å². The van der Waals surface area contributed by atoms with Crippen LogP contribution in [0.1, 0.15) is 5.89 Å². The fourth-order valence-electron chi connectivity index (χ4n) is 4.07. The highest BCUT2D eigenvalue weighted by Gasteiger charge is 2.21. The van der Waals surface area contributed by atoms with Crippen LogP contribution in [0.5, 0.6) is 5.75 Å². The van der Waals surface area contributed by atoms with Crippen molar-refractivity contribution in [1.29, 1.82) is 0 Å². The maximum atomic E-state index is 10.6. The van der Waals surface area contributed by atoms with Crippen LogP contribution in [-0.2, 0) is 0 Å². The zero-order chi connectivity index (χ0) is 23.7. The van der Waals surface area contributed by atoms with Crippen LogP contribution in [-0.4, -0.2) is 65.6 Å². The minimum Gasteiger partial charge on any atom is -0.490 e. The Bertz CT molecular complexity index is 1280. The predicted octanol–water partition coefficient (Wildman–Crippen LogP) is 4.66. The fraction of sp³-hybridized carbons (Fsp3) is 0.333. The Hall–Kier alpha value is -2.78. The van der Waals surface area contributed by atoms with Crippen LogP contribution in [0, 0.1) is 6.92 Å². The fourth-order valence-corrected chi connectivity index (χ4v) is 4.36. The number of rotatable bonds is 7. The second-order valence-corrected chi connectivity index (χ2v) is 9.07. The third-order valence-corrected chi connectivity index (χ3v) is 6.54. The lowest BCUT2D eigenvalue weighted by Crippen LogP contribution is -2.49. The number of fused-ring (bicyclic) bond motifs is 1. The molecule has 1 N–H and O–H groups in total. The van der Waals surface area contributed by atoms with Crippen molar-refractivity contribution in [2.45, 2.75) is 13.0 Å². The summed E-state index contributed by atoms with van der Waals surface area (Å²) in [5, 5.41) is 20.3. The first-order chi connectivity index (χ1) is 16.5. The molecule has 1 atom stereocenters. The number of halogens is 2. The number of aromatic nitrogens is 2. The second-order valence-electron chi connectivity index (χ2n) is 8.26. The number of nitrogens with zero attached hydrogens (tertiary/aromatic N) is 4. The summed E-state index contributed by atoms with van der Waals surface area (Å²) in [6, 6.07) is 13.0. The Morgan fingerprint density at radius 3 is 2.59 bits per heavy atom. The maximum absolute atomic E-state index is 10.6. The number of furan rings is 1. The van der Waals surface area contributed by atoms with Gasteiger partial charge in [-0.25, -0.2) is 0 Å². The van der Waals surface area contributed by atoms with Crippen molar-refractivity contribution >= 4 is 39.9 Å². The van der Waals surface area contributed by atoms with Crippen LogP contribution in [0.15, 0.2) is 51.3 Å². The van der Waals surface area contributed by atoms with Crippen LogP contribution in [0.25, 0.3) is 22.6 Å². The van der Waals surface area contributed by atoms with Crippen molar-refractivity contribution in [2.24, 2.45) is 0 Å². The smallest absolute Gasteiger partial charge is 0.283 e. The first-order valence-corrected chi connectivity index (χ1v) is 11.8. The average Bonchev–Trinajstić information content (AvgIpc) is 3.46. The zero-order valence-electron chi connectivity index (χ0n) is 18.6. The van der Waals surface area contributed by atoms with Gasteiger partial charge in [-0.1, -0.05) is 29.3 Å². The third kappa shape index (κ3) is 5.00. The van der Waals surface area contributed by atoms with E-state index in [-0.39, 0.29) is 6.61 Å². The zero-order valence-corrected chi connectivity index (χ0v) is 20.1. The molecule has 0 saturated carbocycles. The molecule has 8 nitrogen and oxygen atoms in total. The van der Waals surface area contributed by atoms with Gasteiger partial charge in [0.05, 0.1) is 15.4 Å². The molecule has 2 aromatic carbocycles. The Morgan fingerprint density at radius 1 is 1.03 bits per heavy atom. The summed E-state index contributed by atoms with van der Waals surface area (Å²) in [6.45, 7) is 5.79. The van der Waals surface area contributed by atoms with Crippen molar-refractivity contribution in [3.63, 3.8) is 0 Å². The van der Waals surface area contributed by atoms with Gasteiger partial charge in [0.25, 0.3) is 5.89 Å². The minimum atomic E-state index is -0.628. The quantitative estimate of drug-likeness (QED) is 0.390. The number of benzene rings is 2. The number of ether oxygens (including phenoxy) is 1. The molecule has 1 aliphatic rings. The molecule has 34 heavy (non-hydrogen) atoms. The van der Waals surface area contributed by atoms with Crippen LogP contribution in [0.4, 0.5) is 5.69 Å². The standard InChI is InChI=1S/C24H24Cl2N4O4/c1-15-27-28-24(33-15)23-12-18-21(3-2-4-22(18)34-23)32-14-17(31)13-29-7-9-30(10-8-29)16-5-6-19(25)20(26)11-16/h2-6,11-12,17,31H,7-10,13-14H2,1H3/t17-/m0/s1. The van der Waals surface area contributed by atoms with E-state index in [2.05, 4.69) is 20.0 Å². The third-order valence-electron chi connectivity index (χ3n) is 5.80. The van der Waals surface area contributed by atoms with E-state index in [1.54, 1.807) is 6.92 Å². The Kier molecular flexibility index (Phi) is 6.65. The number of hydrogen-bond acceptors (Lipinski definition) is 8. The lowest BCUT2D eigenvalue weighted by molar-refractivity contribution is 0.0668. The minimum absolute atomic E-state index is 0.173. The molecule has 1 saturated heterocycles. The predicted molar refractivity (Wildman–Crippen MR) is 131 cm³/mol. The maximum Gasteiger partial charge on any atom is 0.283 e. The summed E-state index contributed by atoms with van der Waals surface area (Å²) in [4.78, 5) is 4.50. The van der Waals surface area contributed by atoms with Gasteiger partial charge in [-0.2, -0.15) is 0 Å². The monoisotopic (exact) mass is 502 g/mol. The van der Waals surface area contributed by atoms with Gasteiger partial charge in [0.1, 0.15) is 24.0 Å². The summed E-state index contributed by atoms with van der Waals surface area (Å²) >= 11 is 12.2. The van der Waals surface area contributed by atoms with E-state index in [1.165, 1.54) is 0 Å². The highest BCUT2D eigenvalue weighted by Crippen LogP contribution is 2.33. The SMILES string of the molecule is Cc1nnc(-c2cc3c(OC[C@@H](O)CN4CCN(c5ccc(Cl)c(Cl)c5)CC4)cccc3o2)o1. The Balaban J connectivity index is 1.16. The lowest BCUT2D eigenvalue weighted by atomic mass is 10.2. The topological polar surface area (TPSA) is 88.0 Å². The molecule has 10 heteroatoms. The van der Waals surface area contributed by atoms with E-state index in [1.807, 2.05) is 42.5 Å². The number of hydrogen-bond donors (Lipinski definition) is 1. The van der Waals surface area contributed by atoms with Crippen molar-refractivity contribution in [3.8, 4) is 17.4 Å². The molecule has 1 aliphatic heterocycles. The Labute approximate surface area is 206 Å². The molecule has 0 bridgehead atoms. The van der Waals surface area contributed by atoms with Gasteiger partial charge < -0.3 is 23.6 Å². The van der Waals surface area contributed by atoms with Crippen LogP contribution < -0.4 is 9.64 Å². The number of aryl methyl sites for hydroxylation is 1. The van der Waals surface area contributed by atoms with E-state index >= 15 is 0 Å². The summed E-state index contributed by atoms with van der Waals surface area (Å²) in [5.41, 5.74) is 1.71. The van der Waals surface area contributed by atoms with E-state index in [0.717, 1.165) is 37.3 Å². The van der Waals surface area contributed by atoms with E-state index in [9.17, 15) is 5.11 Å². The highest BCUT2D eigenvalue weighted by molar-refractivity contribution is 6.42. The van der Waals surface area contributed by atoms with Gasteiger partial charge in [-0.15, -0.1) is 10.2 Å². The van der Waals surface area contributed by atoms with Crippen molar-refractivity contribution < 1.29 is 18.7 Å². The average molecular weight is 503 g/mol. The largest absolute Gasteiger partial charge is 0.490 e. The molecule has 3 heterocycles. The van der Waals surface area contributed by atoms with Gasteiger partial charge in [-0.05, 0) is 30.3 Å². The second kappa shape index (κ2) is 9.84. The van der Waals surface area contributed by atoms with E-state index in [4.69, 9.17) is 36.8 Å². The first kappa shape index (κ1) is 23.0. The Morgan fingerprint density at radius 2 is 1.85 bits per heavy atom.